The molecule has 0 aliphatic rings. The predicted molar refractivity (Wildman–Crippen MR) is 81.3 cm³/mol. The lowest BCUT2D eigenvalue weighted by molar-refractivity contribution is 0.989. The Labute approximate surface area is 121 Å². The molecule has 1 unspecified atom stereocenters. The number of anilines is 1. The molecule has 0 saturated carbocycles. The molecule has 0 aromatic carbocycles. The van der Waals surface area contributed by atoms with Crippen LogP contribution in [0.2, 0.25) is 5.15 Å². The van der Waals surface area contributed by atoms with Gasteiger partial charge < -0.3 is 11.5 Å². The third-order valence-corrected chi connectivity index (χ3v) is 4.01. The minimum absolute atomic E-state index is 0.0524. The fraction of sp³-hybridized carbons (Fsp3) is 0.231. The second kappa shape index (κ2) is 6.75. The van der Waals surface area contributed by atoms with Gasteiger partial charge in [-0.1, -0.05) is 17.7 Å². The Morgan fingerprint density at radius 1 is 1.26 bits per heavy atom. The first-order chi connectivity index (χ1) is 9.22. The number of aromatic nitrogens is 2. The second-order valence-electron chi connectivity index (χ2n) is 3.90. The van der Waals surface area contributed by atoms with Crippen LogP contribution in [-0.2, 0) is 0 Å². The summed E-state index contributed by atoms with van der Waals surface area (Å²) in [5.41, 5.74) is 13.8. The molecular formula is C13H15ClN4S. The van der Waals surface area contributed by atoms with Crippen LogP contribution in [0.3, 0.4) is 0 Å². The smallest absolute Gasteiger partial charge is 0.129 e. The van der Waals surface area contributed by atoms with Crippen molar-refractivity contribution in [3.63, 3.8) is 0 Å². The minimum atomic E-state index is -0.0524. The molecule has 4 nitrogen and oxygen atoms in total. The van der Waals surface area contributed by atoms with Crippen LogP contribution >= 0.6 is 23.4 Å². The van der Waals surface area contributed by atoms with Crippen molar-refractivity contribution < 1.29 is 0 Å². The highest BCUT2D eigenvalue weighted by atomic mass is 35.5. The molecule has 2 heterocycles. The van der Waals surface area contributed by atoms with Gasteiger partial charge >= 0.3 is 0 Å². The molecule has 0 radical (unpaired) electrons. The van der Waals surface area contributed by atoms with E-state index in [1.54, 1.807) is 30.1 Å². The Balaban J connectivity index is 2.40. The van der Waals surface area contributed by atoms with E-state index in [4.69, 9.17) is 23.1 Å². The summed E-state index contributed by atoms with van der Waals surface area (Å²) in [5.74, 6) is 0.800. The van der Waals surface area contributed by atoms with Crippen molar-refractivity contribution in [3.8, 4) is 0 Å². The number of hydrogen-bond acceptors (Lipinski definition) is 5. The zero-order valence-corrected chi connectivity index (χ0v) is 11.9. The topological polar surface area (TPSA) is 77.8 Å². The number of nitrogens with two attached hydrogens (primary N) is 2. The van der Waals surface area contributed by atoms with Gasteiger partial charge in [0.15, 0.2) is 0 Å². The van der Waals surface area contributed by atoms with E-state index in [-0.39, 0.29) is 5.25 Å². The largest absolute Gasteiger partial charge is 0.397 e. The molecule has 2 aromatic rings. The van der Waals surface area contributed by atoms with Gasteiger partial charge in [-0.2, -0.15) is 0 Å². The molecule has 0 amide bonds. The Hall–Kier alpha value is -1.30. The van der Waals surface area contributed by atoms with E-state index in [2.05, 4.69) is 9.97 Å². The van der Waals surface area contributed by atoms with Crippen molar-refractivity contribution in [3.05, 3.63) is 53.1 Å². The monoisotopic (exact) mass is 294 g/mol. The van der Waals surface area contributed by atoms with Crippen LogP contribution in [0.4, 0.5) is 5.69 Å². The molecule has 2 rings (SSSR count). The van der Waals surface area contributed by atoms with Gasteiger partial charge in [0.25, 0.3) is 0 Å². The summed E-state index contributed by atoms with van der Waals surface area (Å²) in [6, 6.07) is 9.23. The van der Waals surface area contributed by atoms with Crippen LogP contribution < -0.4 is 11.5 Å². The van der Waals surface area contributed by atoms with Gasteiger partial charge in [-0.05, 0) is 24.3 Å². The predicted octanol–water partition coefficient (Wildman–Crippen LogP) is 2.49. The van der Waals surface area contributed by atoms with E-state index in [1.165, 1.54) is 0 Å². The normalized spacial score (nSPS) is 12.3. The molecule has 0 saturated heterocycles. The summed E-state index contributed by atoms with van der Waals surface area (Å²) in [6.07, 6.45) is 1.76. The van der Waals surface area contributed by atoms with Crippen molar-refractivity contribution >= 4 is 29.1 Å². The number of nitrogen functional groups attached to an aromatic ring is 1. The summed E-state index contributed by atoms with van der Waals surface area (Å²) < 4.78 is 0. The highest BCUT2D eigenvalue weighted by Crippen LogP contribution is 2.36. The third kappa shape index (κ3) is 3.59. The van der Waals surface area contributed by atoms with Gasteiger partial charge in [-0.15, -0.1) is 11.8 Å². The van der Waals surface area contributed by atoms with Crippen LogP contribution in [0, 0.1) is 0 Å². The summed E-state index contributed by atoms with van der Waals surface area (Å²) >= 11 is 7.62. The van der Waals surface area contributed by atoms with Crippen LogP contribution in [0.15, 0.2) is 36.5 Å². The van der Waals surface area contributed by atoms with E-state index in [9.17, 15) is 0 Å². The Bertz CT molecular complexity index is 535. The van der Waals surface area contributed by atoms with Gasteiger partial charge in [0, 0.05) is 18.5 Å². The molecule has 6 heteroatoms. The van der Waals surface area contributed by atoms with Gasteiger partial charge in [0.1, 0.15) is 5.15 Å². The van der Waals surface area contributed by atoms with Gasteiger partial charge in [-0.25, -0.2) is 4.98 Å². The molecule has 19 heavy (non-hydrogen) atoms. The summed E-state index contributed by atoms with van der Waals surface area (Å²) in [6.45, 7) is 0.592. The van der Waals surface area contributed by atoms with Crippen molar-refractivity contribution in [1.29, 1.82) is 0 Å². The zero-order valence-electron chi connectivity index (χ0n) is 10.3. The molecule has 0 aliphatic carbocycles. The molecule has 2 aromatic heterocycles. The fourth-order valence-electron chi connectivity index (χ4n) is 1.69. The van der Waals surface area contributed by atoms with E-state index < -0.39 is 0 Å². The maximum atomic E-state index is 6.01. The van der Waals surface area contributed by atoms with Gasteiger partial charge in [0.2, 0.25) is 0 Å². The van der Waals surface area contributed by atoms with Crippen LogP contribution in [0.25, 0.3) is 0 Å². The van der Waals surface area contributed by atoms with Crippen molar-refractivity contribution in [2.75, 3.05) is 18.0 Å². The van der Waals surface area contributed by atoms with Crippen LogP contribution in [0.1, 0.15) is 16.6 Å². The summed E-state index contributed by atoms with van der Waals surface area (Å²) in [5, 5.41) is 0.377. The Morgan fingerprint density at radius 3 is 2.79 bits per heavy atom. The van der Waals surface area contributed by atoms with E-state index in [0.717, 1.165) is 17.1 Å². The number of nitrogens with zero attached hydrogens (tertiary/aromatic N) is 2. The number of halogens is 1. The molecule has 0 bridgehead atoms. The van der Waals surface area contributed by atoms with Gasteiger partial charge in [0.05, 0.1) is 22.3 Å². The third-order valence-electron chi connectivity index (χ3n) is 2.53. The molecule has 0 fully saturated rings. The first-order valence-corrected chi connectivity index (χ1v) is 7.29. The second-order valence-corrected chi connectivity index (χ2v) is 5.50. The number of thioether (sulfide) groups is 1. The van der Waals surface area contributed by atoms with Crippen molar-refractivity contribution in [2.24, 2.45) is 5.73 Å². The quantitative estimate of drug-likeness (QED) is 0.829. The number of rotatable bonds is 5. The zero-order chi connectivity index (χ0) is 13.7. The fourth-order valence-corrected chi connectivity index (χ4v) is 2.87. The van der Waals surface area contributed by atoms with E-state index >= 15 is 0 Å². The Morgan fingerprint density at radius 2 is 2.11 bits per heavy atom. The van der Waals surface area contributed by atoms with Crippen molar-refractivity contribution in [1.82, 2.24) is 9.97 Å². The minimum Gasteiger partial charge on any atom is -0.397 e. The summed E-state index contributed by atoms with van der Waals surface area (Å²) in [7, 11) is 0. The molecule has 0 aliphatic heterocycles. The maximum absolute atomic E-state index is 6.01. The lowest BCUT2D eigenvalue weighted by Crippen LogP contribution is -2.09. The number of hydrogen-bond donors (Lipinski definition) is 2. The molecular weight excluding hydrogens is 280 g/mol. The average molecular weight is 295 g/mol. The van der Waals surface area contributed by atoms with E-state index in [1.807, 2.05) is 18.2 Å². The Kier molecular flexibility index (Phi) is 5.01. The maximum Gasteiger partial charge on any atom is 0.129 e. The van der Waals surface area contributed by atoms with Crippen LogP contribution in [-0.4, -0.2) is 22.3 Å². The lowest BCUT2D eigenvalue weighted by atomic mass is 10.1. The van der Waals surface area contributed by atoms with Crippen molar-refractivity contribution in [2.45, 2.75) is 5.25 Å². The van der Waals surface area contributed by atoms with E-state index in [0.29, 0.717) is 17.4 Å². The molecule has 4 N–H and O–H groups in total. The molecule has 100 valence electrons. The van der Waals surface area contributed by atoms with Gasteiger partial charge in [-0.3, -0.25) is 4.98 Å². The molecule has 1 atom stereocenters. The highest BCUT2D eigenvalue weighted by Gasteiger charge is 2.20. The first kappa shape index (κ1) is 14.1. The standard InChI is InChI=1S/C13H15ClN4S/c14-11-5-4-9(16)12(18-11)13(19-8-6-15)10-3-1-2-7-17-10/h1-5,7,13H,6,8,15-16H2. The first-order valence-electron chi connectivity index (χ1n) is 5.87. The summed E-state index contributed by atoms with van der Waals surface area (Å²) in [4.78, 5) is 8.72. The lowest BCUT2D eigenvalue weighted by Gasteiger charge is -2.17. The van der Waals surface area contributed by atoms with Crippen LogP contribution in [0.5, 0.6) is 0 Å². The number of pyridine rings is 2. The highest BCUT2D eigenvalue weighted by molar-refractivity contribution is 7.99. The SMILES string of the molecule is NCCSC(c1ccccn1)c1nc(Cl)ccc1N. The molecule has 0 spiro atoms. The average Bonchev–Trinajstić information content (AvgIpc) is 2.44.